The fourth-order valence-corrected chi connectivity index (χ4v) is 6.68. The van der Waals surface area contributed by atoms with E-state index in [9.17, 15) is 13.2 Å². The number of para-hydroxylation sites is 1. The van der Waals surface area contributed by atoms with Crippen LogP contribution in [0.2, 0.25) is 5.02 Å². The number of carbonyl (C=O) groups excluding carboxylic acids is 1. The molecule has 0 radical (unpaired) electrons. The molecule has 3 aromatic rings. The molecule has 0 bridgehead atoms. The van der Waals surface area contributed by atoms with Crippen LogP contribution in [0, 0.1) is 0 Å². The van der Waals surface area contributed by atoms with E-state index in [2.05, 4.69) is 16.4 Å². The van der Waals surface area contributed by atoms with Gasteiger partial charge in [-0.3, -0.25) is 4.79 Å². The van der Waals surface area contributed by atoms with Crippen LogP contribution in [-0.4, -0.2) is 43.9 Å². The lowest BCUT2D eigenvalue weighted by atomic mass is 9.74. The molecule has 2 fully saturated rings. The quantitative estimate of drug-likeness (QED) is 0.506. The van der Waals surface area contributed by atoms with Gasteiger partial charge in [0.1, 0.15) is 10.8 Å². The van der Waals surface area contributed by atoms with Gasteiger partial charge in [0.15, 0.2) is 5.03 Å². The average Bonchev–Trinajstić information content (AvgIpc) is 3.61. The van der Waals surface area contributed by atoms with E-state index >= 15 is 0 Å². The highest BCUT2D eigenvalue weighted by atomic mass is 35.5. The zero-order valence-corrected chi connectivity index (χ0v) is 21.7. The third-order valence-corrected chi connectivity index (χ3v) is 9.23. The lowest BCUT2D eigenvalue weighted by Gasteiger charge is -2.38. The minimum absolute atomic E-state index is 0.104. The standard InChI is InChI=1S/C27H27ClN4O4S/c28-22-23(31-27(10-11-27)18-6-2-1-3-7-18)19(16-30-24(22)37(29,34)35)25(33)32-14-12-26(13-15-32)17-36-21-9-5-4-8-20(21)26/h1-9,16H,10-15,17H2,(H,30,31)(H2,29,34,35). The van der Waals surface area contributed by atoms with E-state index in [1.807, 2.05) is 48.5 Å². The van der Waals surface area contributed by atoms with Gasteiger partial charge in [-0.2, -0.15) is 0 Å². The van der Waals surface area contributed by atoms with Gasteiger partial charge in [-0.25, -0.2) is 18.5 Å². The average molecular weight is 539 g/mol. The van der Waals surface area contributed by atoms with E-state index in [1.54, 1.807) is 4.90 Å². The molecule has 0 unspecified atom stereocenters. The molecule has 1 aliphatic carbocycles. The molecule has 1 amide bonds. The first-order valence-electron chi connectivity index (χ1n) is 12.3. The van der Waals surface area contributed by atoms with Crippen molar-refractivity contribution in [3.63, 3.8) is 0 Å². The highest BCUT2D eigenvalue weighted by Gasteiger charge is 2.47. The van der Waals surface area contributed by atoms with Crippen LogP contribution in [-0.2, 0) is 21.0 Å². The first-order valence-corrected chi connectivity index (χ1v) is 14.2. The number of hydrogen-bond donors (Lipinski definition) is 2. The monoisotopic (exact) mass is 538 g/mol. The van der Waals surface area contributed by atoms with Gasteiger partial charge in [-0.05, 0) is 37.3 Å². The number of primary sulfonamides is 1. The zero-order valence-electron chi connectivity index (χ0n) is 20.1. The summed E-state index contributed by atoms with van der Waals surface area (Å²) in [5, 5.41) is 8.18. The van der Waals surface area contributed by atoms with Crippen molar-refractivity contribution in [3.8, 4) is 5.75 Å². The van der Waals surface area contributed by atoms with Crippen LogP contribution in [0.1, 0.15) is 47.2 Å². The first kappa shape index (κ1) is 24.2. The summed E-state index contributed by atoms with van der Waals surface area (Å²) in [6, 6.07) is 17.9. The SMILES string of the molecule is NS(=O)(=O)c1ncc(C(=O)N2CCC3(CC2)COc2ccccc23)c(NC2(c3ccccc3)CC2)c1Cl. The first-order chi connectivity index (χ1) is 17.7. The second-order valence-electron chi connectivity index (χ2n) is 10.1. The third-order valence-electron chi connectivity index (χ3n) is 7.90. The fourth-order valence-electron chi connectivity index (χ4n) is 5.61. The van der Waals surface area contributed by atoms with E-state index in [0.717, 1.165) is 37.0 Å². The summed E-state index contributed by atoms with van der Waals surface area (Å²) < 4.78 is 30.3. The number of amides is 1. The zero-order chi connectivity index (χ0) is 25.8. The van der Waals surface area contributed by atoms with E-state index in [4.69, 9.17) is 21.5 Å². The third kappa shape index (κ3) is 4.15. The number of ether oxygens (including phenoxy) is 1. The molecule has 3 heterocycles. The molecule has 8 nitrogen and oxygen atoms in total. The molecule has 2 aromatic carbocycles. The predicted molar refractivity (Wildman–Crippen MR) is 140 cm³/mol. The molecule has 1 saturated carbocycles. The molecule has 10 heteroatoms. The van der Waals surface area contributed by atoms with Crippen molar-refractivity contribution in [1.29, 1.82) is 0 Å². The summed E-state index contributed by atoms with van der Waals surface area (Å²) in [6.07, 6.45) is 4.45. The number of fused-ring (bicyclic) bond motifs is 2. The van der Waals surface area contributed by atoms with Crippen molar-refractivity contribution < 1.29 is 17.9 Å². The van der Waals surface area contributed by atoms with Gasteiger partial charge in [-0.1, -0.05) is 60.1 Å². The Hall–Kier alpha value is -3.14. The number of nitrogens with two attached hydrogens (primary N) is 1. The van der Waals surface area contributed by atoms with Crippen molar-refractivity contribution in [1.82, 2.24) is 9.88 Å². The number of carbonyl (C=O) groups is 1. The van der Waals surface area contributed by atoms with Crippen LogP contribution in [0.25, 0.3) is 0 Å². The Balaban J connectivity index is 1.31. The van der Waals surface area contributed by atoms with Gasteiger partial charge < -0.3 is 15.0 Å². The van der Waals surface area contributed by atoms with Gasteiger partial charge in [-0.15, -0.1) is 0 Å². The summed E-state index contributed by atoms with van der Waals surface area (Å²) >= 11 is 6.59. The Morgan fingerprint density at radius 3 is 2.38 bits per heavy atom. The predicted octanol–water partition coefficient (Wildman–Crippen LogP) is 4.05. The summed E-state index contributed by atoms with van der Waals surface area (Å²) in [7, 11) is -4.19. The van der Waals surface area contributed by atoms with E-state index < -0.39 is 20.6 Å². The Labute approximate surface area is 220 Å². The summed E-state index contributed by atoms with van der Waals surface area (Å²) in [6.45, 7) is 1.68. The van der Waals surface area contributed by atoms with Crippen LogP contribution < -0.4 is 15.2 Å². The van der Waals surface area contributed by atoms with Crippen LogP contribution in [0.3, 0.4) is 0 Å². The van der Waals surface area contributed by atoms with Crippen LogP contribution in [0.5, 0.6) is 5.75 Å². The van der Waals surface area contributed by atoms with Crippen molar-refractivity contribution in [2.75, 3.05) is 25.0 Å². The molecule has 37 heavy (non-hydrogen) atoms. The Kier molecular flexibility index (Phi) is 5.70. The number of nitrogens with zero attached hydrogens (tertiary/aromatic N) is 2. The Bertz CT molecular complexity index is 1480. The van der Waals surface area contributed by atoms with Crippen LogP contribution in [0.15, 0.2) is 65.8 Å². The Morgan fingerprint density at radius 1 is 1.03 bits per heavy atom. The van der Waals surface area contributed by atoms with Crippen molar-refractivity contribution in [2.45, 2.75) is 41.7 Å². The number of hydrogen-bond acceptors (Lipinski definition) is 6. The summed E-state index contributed by atoms with van der Waals surface area (Å²) in [5.74, 6) is 0.669. The molecular weight excluding hydrogens is 512 g/mol. The highest BCUT2D eigenvalue weighted by molar-refractivity contribution is 7.89. The molecule has 1 saturated heterocycles. The molecule has 0 atom stereocenters. The van der Waals surface area contributed by atoms with Gasteiger partial charge in [0.2, 0.25) is 0 Å². The van der Waals surface area contributed by atoms with Gasteiger partial charge in [0.05, 0.1) is 23.4 Å². The molecule has 192 valence electrons. The van der Waals surface area contributed by atoms with Crippen LogP contribution >= 0.6 is 11.6 Å². The maximum Gasteiger partial charge on any atom is 0.257 e. The number of anilines is 1. The summed E-state index contributed by atoms with van der Waals surface area (Å²) in [5.41, 5.74) is 2.19. The number of halogens is 1. The number of sulfonamides is 1. The van der Waals surface area contributed by atoms with E-state index in [1.165, 1.54) is 11.8 Å². The largest absolute Gasteiger partial charge is 0.492 e. The van der Waals surface area contributed by atoms with E-state index in [0.29, 0.717) is 19.7 Å². The van der Waals surface area contributed by atoms with Crippen molar-refractivity contribution in [2.24, 2.45) is 5.14 Å². The lowest BCUT2D eigenvalue weighted by molar-refractivity contribution is 0.0647. The second kappa shape index (κ2) is 8.72. The molecule has 2 aliphatic heterocycles. The molecule has 6 rings (SSSR count). The van der Waals surface area contributed by atoms with E-state index in [-0.39, 0.29) is 27.6 Å². The molecular formula is C27H27ClN4O4S. The molecule has 3 N–H and O–H groups in total. The number of rotatable bonds is 5. The minimum Gasteiger partial charge on any atom is -0.492 e. The van der Waals surface area contributed by atoms with Gasteiger partial charge in [0.25, 0.3) is 15.9 Å². The smallest absolute Gasteiger partial charge is 0.257 e. The molecule has 3 aliphatic rings. The number of aromatic nitrogens is 1. The van der Waals surface area contributed by atoms with Gasteiger partial charge >= 0.3 is 0 Å². The topological polar surface area (TPSA) is 115 Å². The Morgan fingerprint density at radius 2 is 1.70 bits per heavy atom. The number of nitrogens with one attached hydrogen (secondary N) is 1. The maximum atomic E-state index is 13.8. The molecule has 1 aromatic heterocycles. The van der Waals surface area contributed by atoms with Crippen molar-refractivity contribution >= 4 is 33.2 Å². The maximum absolute atomic E-state index is 13.8. The minimum atomic E-state index is -4.19. The van der Waals surface area contributed by atoms with Crippen LogP contribution in [0.4, 0.5) is 5.69 Å². The normalized spacial score (nSPS) is 19.2. The fraction of sp³-hybridized carbons (Fsp3) is 0.333. The summed E-state index contributed by atoms with van der Waals surface area (Å²) in [4.78, 5) is 19.6. The number of likely N-dealkylation sites (tertiary alicyclic amines) is 1. The number of benzene rings is 2. The second-order valence-corrected chi connectivity index (χ2v) is 12.0. The number of pyridine rings is 1. The molecule has 1 spiro atoms. The van der Waals surface area contributed by atoms with Crippen molar-refractivity contribution in [3.05, 3.63) is 82.5 Å². The lowest BCUT2D eigenvalue weighted by Crippen LogP contribution is -2.46. The number of piperidine rings is 1. The highest BCUT2D eigenvalue weighted by Crippen LogP contribution is 2.50. The van der Waals surface area contributed by atoms with Gasteiger partial charge in [0, 0.05) is 30.3 Å².